The lowest BCUT2D eigenvalue weighted by molar-refractivity contribution is -0.129. The van der Waals surface area contributed by atoms with Gasteiger partial charge in [0.05, 0.1) is 14.2 Å². The van der Waals surface area contributed by atoms with Crippen molar-refractivity contribution in [1.82, 2.24) is 4.98 Å². The number of carbonyl (C=O) groups excluding carboxylic acids is 1. The normalized spacial score (nSPS) is 9.20. The summed E-state index contributed by atoms with van der Waals surface area (Å²) < 4.78 is 14.7. The summed E-state index contributed by atoms with van der Waals surface area (Å²) in [5.41, 5.74) is 0. The van der Waals surface area contributed by atoms with Crippen LogP contribution in [-0.4, -0.2) is 25.2 Å². The SMILES string of the molecule is C=CC(=O)Oc1ccc(OC)nc1OC. The van der Waals surface area contributed by atoms with Gasteiger partial charge in [0.15, 0.2) is 5.75 Å². The van der Waals surface area contributed by atoms with Crippen molar-refractivity contribution in [2.24, 2.45) is 0 Å². The van der Waals surface area contributed by atoms with Crippen LogP contribution < -0.4 is 14.2 Å². The van der Waals surface area contributed by atoms with E-state index in [2.05, 4.69) is 11.6 Å². The molecule has 80 valence electrons. The molecule has 0 aliphatic heterocycles. The Balaban J connectivity index is 2.96. The fourth-order valence-electron chi connectivity index (χ4n) is 0.898. The lowest BCUT2D eigenvalue weighted by Crippen LogP contribution is -2.05. The quantitative estimate of drug-likeness (QED) is 0.550. The number of hydrogen-bond acceptors (Lipinski definition) is 5. The zero-order valence-electron chi connectivity index (χ0n) is 8.52. The summed E-state index contributed by atoms with van der Waals surface area (Å²) in [6.07, 6.45) is 1.06. The molecule has 1 aromatic heterocycles. The Bertz CT molecular complexity index is 376. The zero-order chi connectivity index (χ0) is 11.3. The van der Waals surface area contributed by atoms with E-state index < -0.39 is 5.97 Å². The van der Waals surface area contributed by atoms with Crippen molar-refractivity contribution in [1.29, 1.82) is 0 Å². The lowest BCUT2D eigenvalue weighted by Gasteiger charge is -2.07. The Morgan fingerprint density at radius 3 is 2.67 bits per heavy atom. The number of hydrogen-bond donors (Lipinski definition) is 0. The first-order chi connectivity index (χ1) is 7.21. The third-order valence-electron chi connectivity index (χ3n) is 1.58. The third-order valence-corrected chi connectivity index (χ3v) is 1.58. The number of pyridine rings is 1. The van der Waals surface area contributed by atoms with Gasteiger partial charge in [-0.3, -0.25) is 0 Å². The van der Waals surface area contributed by atoms with E-state index in [-0.39, 0.29) is 11.6 Å². The van der Waals surface area contributed by atoms with E-state index >= 15 is 0 Å². The van der Waals surface area contributed by atoms with Gasteiger partial charge in [0, 0.05) is 12.1 Å². The Morgan fingerprint density at radius 2 is 2.13 bits per heavy atom. The molecule has 0 fully saturated rings. The smallest absolute Gasteiger partial charge is 0.335 e. The molecule has 0 unspecified atom stereocenters. The molecular weight excluding hydrogens is 198 g/mol. The maximum atomic E-state index is 10.9. The minimum absolute atomic E-state index is 0.185. The number of rotatable bonds is 4. The molecule has 0 bridgehead atoms. The number of nitrogens with zero attached hydrogens (tertiary/aromatic N) is 1. The Kier molecular flexibility index (Phi) is 3.68. The Morgan fingerprint density at radius 1 is 1.40 bits per heavy atom. The zero-order valence-corrected chi connectivity index (χ0v) is 8.52. The predicted molar refractivity (Wildman–Crippen MR) is 53.2 cm³/mol. The second-order valence-electron chi connectivity index (χ2n) is 2.49. The van der Waals surface area contributed by atoms with E-state index in [1.54, 1.807) is 6.07 Å². The van der Waals surface area contributed by atoms with Gasteiger partial charge in [-0.2, -0.15) is 4.98 Å². The van der Waals surface area contributed by atoms with Crippen molar-refractivity contribution in [2.45, 2.75) is 0 Å². The summed E-state index contributed by atoms with van der Waals surface area (Å²) in [6.45, 7) is 3.29. The lowest BCUT2D eigenvalue weighted by atomic mass is 10.4. The summed E-state index contributed by atoms with van der Waals surface area (Å²) in [4.78, 5) is 14.9. The molecule has 0 aliphatic carbocycles. The van der Waals surface area contributed by atoms with Crippen LogP contribution in [0, 0.1) is 0 Å². The van der Waals surface area contributed by atoms with Crippen LogP contribution in [-0.2, 0) is 4.79 Å². The molecule has 0 aliphatic rings. The molecule has 15 heavy (non-hydrogen) atoms. The van der Waals surface area contributed by atoms with E-state index in [0.717, 1.165) is 6.08 Å². The van der Waals surface area contributed by atoms with Crippen LogP contribution in [0.3, 0.4) is 0 Å². The standard InChI is InChI=1S/C10H11NO4/c1-4-9(12)15-7-5-6-8(13-2)11-10(7)14-3/h4-6H,1H2,2-3H3. The van der Waals surface area contributed by atoms with Crippen LogP contribution in [0.4, 0.5) is 0 Å². The van der Waals surface area contributed by atoms with Gasteiger partial charge in [0.25, 0.3) is 5.88 Å². The van der Waals surface area contributed by atoms with E-state index in [9.17, 15) is 4.79 Å². The van der Waals surface area contributed by atoms with Gasteiger partial charge in [-0.05, 0) is 6.07 Å². The van der Waals surface area contributed by atoms with Gasteiger partial charge in [-0.1, -0.05) is 6.58 Å². The number of esters is 1. The van der Waals surface area contributed by atoms with E-state index in [0.29, 0.717) is 5.88 Å². The van der Waals surface area contributed by atoms with Crippen molar-refractivity contribution >= 4 is 5.97 Å². The number of aromatic nitrogens is 1. The first-order valence-electron chi connectivity index (χ1n) is 4.14. The highest BCUT2D eigenvalue weighted by atomic mass is 16.6. The Hall–Kier alpha value is -2.04. The van der Waals surface area contributed by atoms with Gasteiger partial charge in [0.2, 0.25) is 5.88 Å². The van der Waals surface area contributed by atoms with Crippen molar-refractivity contribution in [3.8, 4) is 17.5 Å². The molecule has 0 amide bonds. The molecule has 0 spiro atoms. The summed E-state index contributed by atoms with van der Waals surface area (Å²) in [5.74, 6) is 0.221. The van der Waals surface area contributed by atoms with Gasteiger partial charge in [-0.25, -0.2) is 4.79 Å². The largest absolute Gasteiger partial charge is 0.481 e. The maximum absolute atomic E-state index is 10.9. The molecule has 0 saturated carbocycles. The Labute approximate surface area is 87.3 Å². The number of carbonyl (C=O) groups is 1. The highest BCUT2D eigenvalue weighted by Crippen LogP contribution is 2.27. The molecule has 0 atom stereocenters. The summed E-state index contributed by atoms with van der Waals surface area (Å²) in [5, 5.41) is 0. The second-order valence-corrected chi connectivity index (χ2v) is 2.49. The topological polar surface area (TPSA) is 57.7 Å². The third kappa shape index (κ3) is 2.70. The molecule has 0 N–H and O–H groups in total. The van der Waals surface area contributed by atoms with Crippen LogP contribution in [0.1, 0.15) is 0 Å². The fourth-order valence-corrected chi connectivity index (χ4v) is 0.898. The highest BCUT2D eigenvalue weighted by Gasteiger charge is 2.10. The highest BCUT2D eigenvalue weighted by molar-refractivity contribution is 5.83. The monoisotopic (exact) mass is 209 g/mol. The summed E-state index contributed by atoms with van der Waals surface area (Å²) in [7, 11) is 2.91. The van der Waals surface area contributed by atoms with E-state index in [1.807, 2.05) is 0 Å². The minimum atomic E-state index is -0.569. The van der Waals surface area contributed by atoms with Gasteiger partial charge in [-0.15, -0.1) is 0 Å². The molecule has 1 aromatic rings. The molecule has 1 rings (SSSR count). The summed E-state index contributed by atoms with van der Waals surface area (Å²) in [6, 6.07) is 3.10. The van der Waals surface area contributed by atoms with Crippen molar-refractivity contribution in [3.63, 3.8) is 0 Å². The van der Waals surface area contributed by atoms with Crippen LogP contribution >= 0.6 is 0 Å². The number of methoxy groups -OCH3 is 2. The van der Waals surface area contributed by atoms with Crippen LogP contribution in [0.25, 0.3) is 0 Å². The van der Waals surface area contributed by atoms with E-state index in [4.69, 9.17) is 14.2 Å². The van der Waals surface area contributed by atoms with Gasteiger partial charge >= 0.3 is 5.97 Å². The summed E-state index contributed by atoms with van der Waals surface area (Å²) >= 11 is 0. The average Bonchev–Trinajstić information content (AvgIpc) is 2.29. The minimum Gasteiger partial charge on any atom is -0.481 e. The molecular formula is C10H11NO4. The number of ether oxygens (including phenoxy) is 3. The first kappa shape index (κ1) is 11.0. The molecule has 0 saturated heterocycles. The van der Waals surface area contributed by atoms with Crippen LogP contribution in [0.2, 0.25) is 0 Å². The maximum Gasteiger partial charge on any atom is 0.335 e. The average molecular weight is 209 g/mol. The van der Waals surface area contributed by atoms with Gasteiger partial charge < -0.3 is 14.2 Å². The first-order valence-corrected chi connectivity index (χ1v) is 4.14. The van der Waals surface area contributed by atoms with Crippen molar-refractivity contribution in [3.05, 3.63) is 24.8 Å². The molecule has 5 heteroatoms. The molecule has 5 nitrogen and oxygen atoms in total. The predicted octanol–water partition coefficient (Wildman–Crippen LogP) is 1.19. The molecule has 1 heterocycles. The van der Waals surface area contributed by atoms with E-state index in [1.165, 1.54) is 20.3 Å². The molecule has 0 aromatic carbocycles. The molecule has 0 radical (unpaired) electrons. The van der Waals surface area contributed by atoms with Crippen molar-refractivity contribution in [2.75, 3.05) is 14.2 Å². The van der Waals surface area contributed by atoms with Crippen LogP contribution in [0.15, 0.2) is 24.8 Å². The second kappa shape index (κ2) is 4.99. The fraction of sp³-hybridized carbons (Fsp3) is 0.200. The van der Waals surface area contributed by atoms with Crippen molar-refractivity contribution < 1.29 is 19.0 Å². The van der Waals surface area contributed by atoms with Crippen LogP contribution in [0.5, 0.6) is 17.5 Å². The van der Waals surface area contributed by atoms with Gasteiger partial charge in [0.1, 0.15) is 0 Å².